The molecule has 0 unspecified atom stereocenters. The molecule has 0 saturated carbocycles. The van der Waals surface area contributed by atoms with Crippen LogP contribution in [-0.4, -0.2) is 37.2 Å². The molecule has 2 aliphatic rings. The molecule has 2 atom stereocenters. The fourth-order valence-electron chi connectivity index (χ4n) is 4.53. The molecule has 1 N–H and O–H groups in total. The third-order valence-corrected chi connectivity index (χ3v) is 6.17. The minimum Gasteiger partial charge on any atom is -0.507 e. The van der Waals surface area contributed by atoms with Gasteiger partial charge in [0.2, 0.25) is 6.23 Å². The van der Waals surface area contributed by atoms with Crippen LogP contribution in [0.15, 0.2) is 59.7 Å². The van der Waals surface area contributed by atoms with Crippen LogP contribution < -0.4 is 18.9 Å². The zero-order valence-electron chi connectivity index (χ0n) is 19.0. The fraction of sp³-hybridized carbons (Fsp3) is 0.269. The van der Waals surface area contributed by atoms with Crippen LogP contribution in [0.25, 0.3) is 0 Å². The lowest BCUT2D eigenvalue weighted by Crippen LogP contribution is -2.34. The van der Waals surface area contributed by atoms with E-state index in [0.29, 0.717) is 29.4 Å². The molecule has 170 valence electrons. The van der Waals surface area contributed by atoms with Crippen molar-refractivity contribution in [1.82, 2.24) is 5.01 Å². The molecule has 3 aromatic rings. The number of para-hydroxylation sites is 1. The number of hydrogen-bond acceptors (Lipinski definition) is 7. The topological polar surface area (TPSA) is 72.8 Å². The predicted molar refractivity (Wildman–Crippen MR) is 124 cm³/mol. The van der Waals surface area contributed by atoms with Gasteiger partial charge in [0, 0.05) is 17.5 Å². The van der Waals surface area contributed by atoms with Crippen LogP contribution >= 0.6 is 0 Å². The number of rotatable bonds is 5. The number of aryl methyl sites for hydroxylation is 1. The molecular weight excluding hydrogens is 420 g/mol. The summed E-state index contributed by atoms with van der Waals surface area (Å²) < 4.78 is 23.3. The van der Waals surface area contributed by atoms with Crippen molar-refractivity contribution < 1.29 is 24.1 Å². The molecule has 33 heavy (non-hydrogen) atoms. The molecule has 5 rings (SSSR count). The molecule has 2 aliphatic heterocycles. The van der Waals surface area contributed by atoms with Crippen LogP contribution in [0.4, 0.5) is 0 Å². The van der Waals surface area contributed by atoms with Gasteiger partial charge in [-0.25, -0.2) is 5.01 Å². The number of fused-ring (bicyclic) bond motifs is 3. The molecule has 0 spiro atoms. The van der Waals surface area contributed by atoms with Crippen LogP contribution in [0, 0.1) is 6.92 Å². The minimum absolute atomic E-state index is 0.0975. The largest absolute Gasteiger partial charge is 0.507 e. The van der Waals surface area contributed by atoms with Gasteiger partial charge in [-0.2, -0.15) is 5.10 Å². The molecule has 2 heterocycles. The van der Waals surface area contributed by atoms with Crippen molar-refractivity contribution >= 4 is 5.71 Å². The molecule has 0 bridgehead atoms. The number of hydrazone groups is 1. The average Bonchev–Trinajstić information content (AvgIpc) is 3.29. The first-order valence-corrected chi connectivity index (χ1v) is 10.7. The SMILES string of the molecule is COc1ccc(OC)c([C@H]2Oc3c(OC)cccc3[C@@H]3CC(c4cc(C)ccc4O)=NN23)c1. The molecule has 7 nitrogen and oxygen atoms in total. The summed E-state index contributed by atoms with van der Waals surface area (Å²) in [5, 5.41) is 17.4. The molecule has 0 fully saturated rings. The Kier molecular flexibility index (Phi) is 5.24. The molecule has 7 heteroatoms. The van der Waals surface area contributed by atoms with Crippen molar-refractivity contribution in [2.24, 2.45) is 5.10 Å². The van der Waals surface area contributed by atoms with Gasteiger partial charge in [-0.1, -0.05) is 23.8 Å². The summed E-state index contributed by atoms with van der Waals surface area (Å²) in [6.07, 6.45) is 0.0388. The highest BCUT2D eigenvalue weighted by atomic mass is 16.5. The Balaban J connectivity index is 1.68. The summed E-state index contributed by atoms with van der Waals surface area (Å²) in [5.74, 6) is 2.91. The molecule has 0 aromatic heterocycles. The van der Waals surface area contributed by atoms with Gasteiger partial charge in [0.15, 0.2) is 11.5 Å². The van der Waals surface area contributed by atoms with E-state index in [1.54, 1.807) is 27.4 Å². The quantitative estimate of drug-likeness (QED) is 0.597. The summed E-state index contributed by atoms with van der Waals surface area (Å²) in [6.45, 7) is 2.00. The monoisotopic (exact) mass is 446 g/mol. The first-order valence-electron chi connectivity index (χ1n) is 10.7. The average molecular weight is 447 g/mol. The summed E-state index contributed by atoms with van der Waals surface area (Å²) in [5.41, 5.74) is 4.35. The standard InChI is InChI=1S/C26H26N2O5/c1-15-8-10-22(29)18(12-15)20-14-21-17-6-5-7-24(32-4)25(17)33-26(28(21)27-20)19-13-16(30-2)9-11-23(19)31-3/h5-13,21,26,29H,14H2,1-4H3/t21-,26+/m0/s1. The van der Waals surface area contributed by atoms with Gasteiger partial charge in [-0.15, -0.1) is 0 Å². The van der Waals surface area contributed by atoms with Crippen LogP contribution in [0.3, 0.4) is 0 Å². The van der Waals surface area contributed by atoms with Crippen LogP contribution in [0.1, 0.15) is 40.9 Å². The fourth-order valence-corrected chi connectivity index (χ4v) is 4.53. The van der Waals surface area contributed by atoms with Gasteiger partial charge in [0.05, 0.1) is 38.6 Å². The molecule has 0 amide bonds. The number of nitrogens with zero attached hydrogens (tertiary/aromatic N) is 2. The summed E-state index contributed by atoms with van der Waals surface area (Å²) >= 11 is 0. The van der Waals surface area contributed by atoms with E-state index < -0.39 is 6.23 Å². The third-order valence-electron chi connectivity index (χ3n) is 6.17. The predicted octanol–water partition coefficient (Wildman–Crippen LogP) is 4.97. The number of aromatic hydroxyl groups is 1. The Morgan fingerprint density at radius 3 is 2.52 bits per heavy atom. The van der Waals surface area contributed by atoms with Gasteiger partial charge >= 0.3 is 0 Å². The normalized spacial score (nSPS) is 18.7. The number of methoxy groups -OCH3 is 3. The van der Waals surface area contributed by atoms with Gasteiger partial charge in [0.1, 0.15) is 17.2 Å². The Morgan fingerprint density at radius 1 is 0.939 bits per heavy atom. The first kappa shape index (κ1) is 21.0. The highest BCUT2D eigenvalue weighted by molar-refractivity contribution is 6.04. The lowest BCUT2D eigenvalue weighted by atomic mass is 9.94. The Morgan fingerprint density at radius 2 is 1.76 bits per heavy atom. The van der Waals surface area contributed by atoms with E-state index in [9.17, 15) is 5.11 Å². The van der Waals surface area contributed by atoms with Crippen molar-refractivity contribution in [2.45, 2.75) is 25.6 Å². The summed E-state index contributed by atoms with van der Waals surface area (Å²) in [6, 6.07) is 16.9. The maximum absolute atomic E-state index is 10.6. The second-order valence-electron chi connectivity index (χ2n) is 8.12. The van der Waals surface area contributed by atoms with Gasteiger partial charge in [-0.05, 0) is 43.3 Å². The van der Waals surface area contributed by atoms with Crippen molar-refractivity contribution in [3.8, 4) is 28.7 Å². The Labute approximate surface area is 192 Å². The number of phenolic OH excluding ortho intramolecular Hbond substituents is 1. The smallest absolute Gasteiger partial charge is 0.217 e. The molecule has 0 aliphatic carbocycles. The minimum atomic E-state index is -0.576. The Bertz CT molecular complexity index is 1240. The van der Waals surface area contributed by atoms with E-state index in [1.807, 2.05) is 60.5 Å². The highest BCUT2D eigenvalue weighted by Gasteiger charge is 2.43. The van der Waals surface area contributed by atoms with E-state index in [1.165, 1.54) is 0 Å². The zero-order valence-corrected chi connectivity index (χ0v) is 19.0. The molecular formula is C26H26N2O5. The number of hydrogen-bond donors (Lipinski definition) is 1. The number of phenols is 1. The van der Waals surface area contributed by atoms with Crippen LogP contribution in [0.2, 0.25) is 0 Å². The Hall–Kier alpha value is -3.87. The van der Waals surface area contributed by atoms with Crippen molar-refractivity contribution in [1.29, 1.82) is 0 Å². The number of ether oxygens (including phenoxy) is 4. The van der Waals surface area contributed by atoms with E-state index >= 15 is 0 Å². The first-order chi connectivity index (χ1) is 16.0. The maximum Gasteiger partial charge on any atom is 0.217 e. The summed E-state index contributed by atoms with van der Waals surface area (Å²) in [4.78, 5) is 0. The van der Waals surface area contributed by atoms with Crippen molar-refractivity contribution in [3.05, 3.63) is 76.9 Å². The van der Waals surface area contributed by atoms with Gasteiger partial charge in [0.25, 0.3) is 0 Å². The zero-order chi connectivity index (χ0) is 23.1. The lowest BCUT2D eigenvalue weighted by molar-refractivity contribution is -0.0223. The third kappa shape index (κ3) is 3.50. The second kappa shape index (κ2) is 8.24. The summed E-state index contributed by atoms with van der Waals surface area (Å²) in [7, 11) is 4.89. The van der Waals surface area contributed by atoms with E-state index in [0.717, 1.165) is 28.0 Å². The van der Waals surface area contributed by atoms with Gasteiger partial charge in [-0.3, -0.25) is 0 Å². The van der Waals surface area contributed by atoms with Gasteiger partial charge < -0.3 is 24.1 Å². The van der Waals surface area contributed by atoms with E-state index in [-0.39, 0.29) is 11.8 Å². The molecule has 0 saturated heterocycles. The second-order valence-corrected chi connectivity index (χ2v) is 8.12. The lowest BCUT2D eigenvalue weighted by Gasteiger charge is -2.39. The van der Waals surface area contributed by atoms with E-state index in [2.05, 4.69) is 0 Å². The van der Waals surface area contributed by atoms with E-state index in [4.69, 9.17) is 24.0 Å². The van der Waals surface area contributed by atoms with Crippen LogP contribution in [0.5, 0.6) is 28.7 Å². The number of benzene rings is 3. The molecule has 0 radical (unpaired) electrons. The molecule has 3 aromatic carbocycles. The van der Waals surface area contributed by atoms with Crippen LogP contribution in [-0.2, 0) is 0 Å². The highest BCUT2D eigenvalue weighted by Crippen LogP contribution is 2.52. The maximum atomic E-state index is 10.6. The van der Waals surface area contributed by atoms with Crippen molar-refractivity contribution in [3.63, 3.8) is 0 Å². The van der Waals surface area contributed by atoms with Crippen molar-refractivity contribution in [2.75, 3.05) is 21.3 Å².